The Morgan fingerprint density at radius 3 is 2.67 bits per heavy atom. The van der Waals surface area contributed by atoms with Crippen molar-refractivity contribution in [2.75, 3.05) is 33.0 Å². The normalized spacial score (nSPS) is 16.0. The largest absolute Gasteiger partial charge is 0.486 e. The van der Waals surface area contributed by atoms with Gasteiger partial charge in [0.05, 0.1) is 18.3 Å². The number of thioether (sulfide) groups is 1. The van der Waals surface area contributed by atoms with Gasteiger partial charge in [-0.2, -0.15) is 0 Å². The van der Waals surface area contributed by atoms with Crippen molar-refractivity contribution in [3.63, 3.8) is 0 Å². The van der Waals surface area contributed by atoms with E-state index < -0.39 is 0 Å². The number of nitrogens with one attached hydrogen (secondary N) is 1. The van der Waals surface area contributed by atoms with Crippen LogP contribution in [0.5, 0.6) is 11.5 Å². The maximum Gasteiger partial charge on any atom is 0.230 e. The van der Waals surface area contributed by atoms with Crippen LogP contribution in [-0.4, -0.2) is 64.7 Å². The first-order chi connectivity index (χ1) is 15.9. The van der Waals surface area contributed by atoms with Gasteiger partial charge in [0.25, 0.3) is 0 Å². The molecule has 1 N–H and O–H groups in total. The minimum absolute atomic E-state index is 0.0305. The molecule has 4 rings (SSSR count). The minimum Gasteiger partial charge on any atom is -0.486 e. The fraction of sp³-hybridized carbons (Fsp3) is 0.348. The number of fused-ring (bicyclic) bond motifs is 1. The van der Waals surface area contributed by atoms with Crippen LogP contribution in [-0.2, 0) is 4.79 Å². The first-order valence-corrected chi connectivity index (χ1v) is 11.6. The number of hydrogen-bond acceptors (Lipinski definition) is 7. The van der Waals surface area contributed by atoms with Crippen LogP contribution in [0.15, 0.2) is 53.7 Å². The first kappa shape index (κ1) is 23.1. The molecule has 10 heteroatoms. The van der Waals surface area contributed by atoms with E-state index in [1.807, 2.05) is 54.8 Å². The Morgan fingerprint density at radius 1 is 1.21 bits per heavy atom. The number of amides is 1. The van der Waals surface area contributed by atoms with Crippen LogP contribution in [0, 0.1) is 5.82 Å². The van der Waals surface area contributed by atoms with E-state index in [1.54, 1.807) is 12.1 Å². The SMILES string of the molecule is C[C@H](c1nnc(SCC(=O)NC[C@@H]2COc3ccccc3O2)n1-c1ccc(F)cc1)N(C)C. The van der Waals surface area contributed by atoms with Crippen molar-refractivity contribution in [3.8, 4) is 17.2 Å². The Kier molecular flexibility index (Phi) is 7.14. The highest BCUT2D eigenvalue weighted by atomic mass is 32.2. The third-order valence-electron chi connectivity index (χ3n) is 5.32. The third kappa shape index (κ3) is 5.45. The molecular formula is C23H26FN5O3S. The van der Waals surface area contributed by atoms with E-state index in [-0.39, 0.29) is 29.6 Å². The van der Waals surface area contributed by atoms with E-state index in [4.69, 9.17) is 9.47 Å². The quantitative estimate of drug-likeness (QED) is 0.506. The average molecular weight is 472 g/mol. The standard InChI is InChI=1S/C23H26FN5O3S/c1-15(28(2)3)22-26-27-23(29(22)17-10-8-16(24)9-11-17)33-14-21(30)25-12-18-13-31-19-6-4-5-7-20(19)32-18/h4-11,15,18H,12-14H2,1-3H3,(H,25,30)/t15-,18-/m1/s1. The van der Waals surface area contributed by atoms with E-state index in [2.05, 4.69) is 15.5 Å². The zero-order valence-corrected chi connectivity index (χ0v) is 19.5. The van der Waals surface area contributed by atoms with Gasteiger partial charge >= 0.3 is 0 Å². The first-order valence-electron chi connectivity index (χ1n) is 10.6. The fourth-order valence-electron chi connectivity index (χ4n) is 3.28. The molecule has 8 nitrogen and oxygen atoms in total. The predicted octanol–water partition coefficient (Wildman–Crippen LogP) is 3.08. The molecule has 0 bridgehead atoms. The summed E-state index contributed by atoms with van der Waals surface area (Å²) in [5.41, 5.74) is 0.736. The molecule has 1 aliphatic heterocycles. The smallest absolute Gasteiger partial charge is 0.230 e. The zero-order chi connectivity index (χ0) is 23.4. The molecule has 2 aromatic carbocycles. The van der Waals surface area contributed by atoms with Crippen molar-refractivity contribution in [2.24, 2.45) is 0 Å². The van der Waals surface area contributed by atoms with E-state index >= 15 is 0 Å². The number of ether oxygens (including phenoxy) is 2. The lowest BCUT2D eigenvalue weighted by Crippen LogP contribution is -2.41. The third-order valence-corrected chi connectivity index (χ3v) is 6.25. The Morgan fingerprint density at radius 2 is 1.94 bits per heavy atom. The van der Waals surface area contributed by atoms with E-state index in [9.17, 15) is 9.18 Å². The molecule has 1 aliphatic rings. The molecule has 0 aliphatic carbocycles. The number of benzene rings is 2. The monoisotopic (exact) mass is 471 g/mol. The number of carbonyl (C=O) groups excluding carboxylic acids is 1. The predicted molar refractivity (Wildman–Crippen MR) is 124 cm³/mol. The summed E-state index contributed by atoms with van der Waals surface area (Å²) in [6.45, 7) is 2.71. The second-order valence-corrected chi connectivity index (χ2v) is 8.83. The highest BCUT2D eigenvalue weighted by Gasteiger charge is 2.23. The second-order valence-electron chi connectivity index (χ2n) is 7.88. The summed E-state index contributed by atoms with van der Waals surface area (Å²) in [7, 11) is 3.90. The number of halogens is 1. The van der Waals surface area contributed by atoms with Crippen LogP contribution in [0.3, 0.4) is 0 Å². The Balaban J connectivity index is 1.39. The molecule has 0 radical (unpaired) electrons. The molecule has 0 saturated carbocycles. The molecule has 3 aromatic rings. The second kappa shape index (κ2) is 10.2. The number of hydrogen-bond donors (Lipinski definition) is 1. The highest BCUT2D eigenvalue weighted by Crippen LogP contribution is 2.31. The van der Waals surface area contributed by atoms with Gasteiger partial charge in [-0.25, -0.2) is 4.39 Å². The minimum atomic E-state index is -0.320. The van der Waals surface area contributed by atoms with E-state index in [0.717, 1.165) is 5.69 Å². The molecule has 2 heterocycles. The lowest BCUT2D eigenvalue weighted by molar-refractivity contribution is -0.119. The number of carbonyl (C=O) groups is 1. The fourth-order valence-corrected chi connectivity index (χ4v) is 4.07. The van der Waals surface area contributed by atoms with Crippen LogP contribution in [0.1, 0.15) is 18.8 Å². The maximum absolute atomic E-state index is 13.5. The summed E-state index contributed by atoms with van der Waals surface area (Å²) in [4.78, 5) is 14.5. The van der Waals surface area contributed by atoms with Crippen molar-refractivity contribution in [3.05, 3.63) is 60.2 Å². The molecule has 1 aromatic heterocycles. The molecule has 1 amide bonds. The average Bonchev–Trinajstić information content (AvgIpc) is 3.25. The van der Waals surface area contributed by atoms with Gasteiger partial charge in [-0.05, 0) is 57.4 Å². The van der Waals surface area contributed by atoms with Crippen LogP contribution < -0.4 is 14.8 Å². The topological polar surface area (TPSA) is 81.5 Å². The van der Waals surface area contributed by atoms with Gasteiger partial charge in [0.2, 0.25) is 5.91 Å². The lowest BCUT2D eigenvalue weighted by Gasteiger charge is -2.26. The van der Waals surface area contributed by atoms with Crippen LogP contribution >= 0.6 is 11.8 Å². The zero-order valence-electron chi connectivity index (χ0n) is 18.7. The van der Waals surface area contributed by atoms with E-state index in [1.165, 1.54) is 23.9 Å². The molecule has 174 valence electrons. The lowest BCUT2D eigenvalue weighted by atomic mass is 10.2. The van der Waals surface area contributed by atoms with Gasteiger partial charge < -0.3 is 14.8 Å². The van der Waals surface area contributed by atoms with Crippen LogP contribution in [0.4, 0.5) is 4.39 Å². The summed E-state index contributed by atoms with van der Waals surface area (Å²) in [6.07, 6.45) is -0.260. The van der Waals surface area contributed by atoms with Crippen LogP contribution in [0.25, 0.3) is 5.69 Å². The highest BCUT2D eigenvalue weighted by molar-refractivity contribution is 7.99. The number of para-hydroxylation sites is 2. The molecule has 0 saturated heterocycles. The van der Waals surface area contributed by atoms with Crippen molar-refractivity contribution >= 4 is 17.7 Å². The molecule has 0 fully saturated rings. The summed E-state index contributed by atoms with van der Waals surface area (Å²) in [6, 6.07) is 13.6. The molecule has 33 heavy (non-hydrogen) atoms. The van der Waals surface area contributed by atoms with Gasteiger partial charge in [0, 0.05) is 5.69 Å². The summed E-state index contributed by atoms with van der Waals surface area (Å²) in [5.74, 6) is 1.77. The van der Waals surface area contributed by atoms with Crippen molar-refractivity contribution in [2.45, 2.75) is 24.2 Å². The summed E-state index contributed by atoms with van der Waals surface area (Å²) >= 11 is 1.27. The van der Waals surface area contributed by atoms with E-state index in [0.29, 0.717) is 35.6 Å². The number of nitrogens with zero attached hydrogens (tertiary/aromatic N) is 4. The van der Waals surface area contributed by atoms with Gasteiger partial charge in [-0.15, -0.1) is 10.2 Å². The summed E-state index contributed by atoms with van der Waals surface area (Å²) in [5, 5.41) is 12.1. The van der Waals surface area contributed by atoms with Crippen molar-refractivity contribution < 1.29 is 18.7 Å². The molecule has 0 spiro atoms. The maximum atomic E-state index is 13.5. The van der Waals surface area contributed by atoms with Gasteiger partial charge in [-0.3, -0.25) is 14.3 Å². The molecular weight excluding hydrogens is 445 g/mol. The van der Waals surface area contributed by atoms with Gasteiger partial charge in [0.1, 0.15) is 18.5 Å². The number of aromatic nitrogens is 3. The summed E-state index contributed by atoms with van der Waals surface area (Å²) < 4.78 is 26.9. The van der Waals surface area contributed by atoms with Crippen molar-refractivity contribution in [1.82, 2.24) is 25.0 Å². The molecule has 2 atom stereocenters. The Hall–Kier alpha value is -3.11. The molecule has 0 unspecified atom stereocenters. The number of rotatable bonds is 8. The van der Waals surface area contributed by atoms with Gasteiger partial charge in [-0.1, -0.05) is 23.9 Å². The Bertz CT molecular complexity index is 1110. The van der Waals surface area contributed by atoms with Crippen LogP contribution in [0.2, 0.25) is 0 Å². The van der Waals surface area contributed by atoms with Crippen molar-refractivity contribution in [1.29, 1.82) is 0 Å². The Labute approximate surface area is 196 Å². The van der Waals surface area contributed by atoms with Gasteiger partial charge in [0.15, 0.2) is 22.5 Å².